The lowest BCUT2D eigenvalue weighted by atomic mass is 10.3. The third kappa shape index (κ3) is 2.64. The zero-order valence-corrected chi connectivity index (χ0v) is 9.64. The zero-order valence-electron chi connectivity index (χ0n) is 8.07. The Morgan fingerprint density at radius 2 is 2.33 bits per heavy atom. The number of hydrogen-bond acceptors (Lipinski definition) is 5. The monoisotopic (exact) mass is 240 g/mol. The fraction of sp³-hybridized carbons (Fsp3) is 0.222. The van der Waals surface area contributed by atoms with Gasteiger partial charge in [0, 0.05) is 23.3 Å². The number of thiazole rings is 1. The van der Waals surface area contributed by atoms with Gasteiger partial charge in [0.05, 0.1) is 0 Å². The molecule has 2 aromatic heterocycles. The average Bonchev–Trinajstić information content (AvgIpc) is 2.69. The van der Waals surface area contributed by atoms with E-state index >= 15 is 0 Å². The minimum Gasteiger partial charge on any atom is -0.316 e. The topological polar surface area (TPSA) is 50.7 Å². The van der Waals surface area contributed by atoms with E-state index in [0.29, 0.717) is 5.82 Å². The van der Waals surface area contributed by atoms with Crippen molar-refractivity contribution in [3.63, 3.8) is 0 Å². The molecule has 0 aliphatic rings. The van der Waals surface area contributed by atoms with E-state index in [0.717, 1.165) is 17.2 Å². The first kappa shape index (κ1) is 10.3. The SMILES string of the molecule is CCc1cc(Nc2nccs2)nc(Cl)n1. The van der Waals surface area contributed by atoms with E-state index in [9.17, 15) is 0 Å². The molecule has 2 heterocycles. The van der Waals surface area contributed by atoms with Crippen molar-refractivity contribution in [3.05, 3.63) is 28.6 Å². The second-order valence-corrected chi connectivity index (χ2v) is 4.06. The predicted molar refractivity (Wildman–Crippen MR) is 61.8 cm³/mol. The molecule has 4 nitrogen and oxygen atoms in total. The number of nitrogens with zero attached hydrogens (tertiary/aromatic N) is 3. The van der Waals surface area contributed by atoms with Crippen LogP contribution in [0.15, 0.2) is 17.6 Å². The van der Waals surface area contributed by atoms with Gasteiger partial charge < -0.3 is 5.32 Å². The number of anilines is 2. The molecule has 0 spiro atoms. The zero-order chi connectivity index (χ0) is 10.7. The van der Waals surface area contributed by atoms with Crippen molar-refractivity contribution in [2.45, 2.75) is 13.3 Å². The normalized spacial score (nSPS) is 10.3. The smallest absolute Gasteiger partial charge is 0.224 e. The molecule has 0 saturated heterocycles. The van der Waals surface area contributed by atoms with Gasteiger partial charge in [0.25, 0.3) is 0 Å². The number of aromatic nitrogens is 3. The van der Waals surface area contributed by atoms with Gasteiger partial charge in [-0.1, -0.05) is 6.92 Å². The van der Waals surface area contributed by atoms with Gasteiger partial charge in [0.1, 0.15) is 5.82 Å². The summed E-state index contributed by atoms with van der Waals surface area (Å²) in [6.07, 6.45) is 2.56. The second-order valence-electron chi connectivity index (χ2n) is 2.83. The molecular formula is C9H9ClN4S. The maximum Gasteiger partial charge on any atom is 0.224 e. The molecule has 0 aromatic carbocycles. The van der Waals surface area contributed by atoms with Gasteiger partial charge in [-0.2, -0.15) is 0 Å². The van der Waals surface area contributed by atoms with Crippen molar-refractivity contribution in [2.24, 2.45) is 0 Å². The summed E-state index contributed by atoms with van der Waals surface area (Å²) in [5, 5.41) is 6.02. The van der Waals surface area contributed by atoms with Crippen molar-refractivity contribution >= 4 is 33.9 Å². The standard InChI is InChI=1S/C9H9ClN4S/c1-2-6-5-7(13-8(10)12-6)14-9-11-3-4-15-9/h3-5H,2H2,1H3,(H,11,12,13,14). The summed E-state index contributed by atoms with van der Waals surface area (Å²) in [4.78, 5) is 12.2. The van der Waals surface area contributed by atoms with Crippen LogP contribution in [-0.2, 0) is 6.42 Å². The Bertz CT molecular complexity index is 443. The van der Waals surface area contributed by atoms with Gasteiger partial charge in [-0.3, -0.25) is 0 Å². The Balaban J connectivity index is 2.24. The first-order valence-electron chi connectivity index (χ1n) is 4.48. The summed E-state index contributed by atoms with van der Waals surface area (Å²) < 4.78 is 0. The van der Waals surface area contributed by atoms with Crippen LogP contribution < -0.4 is 5.32 Å². The number of halogens is 1. The van der Waals surface area contributed by atoms with Crippen molar-refractivity contribution in [1.29, 1.82) is 0 Å². The van der Waals surface area contributed by atoms with E-state index in [1.807, 2.05) is 18.4 Å². The van der Waals surface area contributed by atoms with Gasteiger partial charge in [0.15, 0.2) is 5.13 Å². The van der Waals surface area contributed by atoms with Gasteiger partial charge in [-0.25, -0.2) is 15.0 Å². The molecule has 0 atom stereocenters. The minimum absolute atomic E-state index is 0.258. The summed E-state index contributed by atoms with van der Waals surface area (Å²) in [7, 11) is 0. The summed E-state index contributed by atoms with van der Waals surface area (Å²) in [6, 6.07) is 1.87. The lowest BCUT2D eigenvalue weighted by Gasteiger charge is -2.03. The van der Waals surface area contributed by atoms with Crippen molar-refractivity contribution in [1.82, 2.24) is 15.0 Å². The van der Waals surface area contributed by atoms with E-state index in [2.05, 4.69) is 20.3 Å². The average molecular weight is 241 g/mol. The Morgan fingerprint density at radius 1 is 1.47 bits per heavy atom. The molecule has 0 unspecified atom stereocenters. The van der Waals surface area contributed by atoms with E-state index in [4.69, 9.17) is 11.6 Å². The van der Waals surface area contributed by atoms with Gasteiger partial charge in [-0.05, 0) is 18.0 Å². The molecule has 0 amide bonds. The molecule has 0 radical (unpaired) electrons. The van der Waals surface area contributed by atoms with Crippen LogP contribution in [0.3, 0.4) is 0 Å². The summed E-state index contributed by atoms with van der Waals surface area (Å²) >= 11 is 7.30. The number of aryl methyl sites for hydroxylation is 1. The highest BCUT2D eigenvalue weighted by atomic mass is 35.5. The maximum absolute atomic E-state index is 5.79. The Labute approximate surface area is 96.4 Å². The second kappa shape index (κ2) is 4.55. The van der Waals surface area contributed by atoms with Gasteiger partial charge in [-0.15, -0.1) is 11.3 Å². The van der Waals surface area contributed by atoms with Crippen molar-refractivity contribution in [3.8, 4) is 0 Å². The van der Waals surface area contributed by atoms with Crippen LogP contribution in [0.4, 0.5) is 10.9 Å². The maximum atomic E-state index is 5.79. The van der Waals surface area contributed by atoms with Crippen molar-refractivity contribution < 1.29 is 0 Å². The van der Waals surface area contributed by atoms with Crippen LogP contribution in [0.2, 0.25) is 5.28 Å². The van der Waals surface area contributed by atoms with Crippen molar-refractivity contribution in [2.75, 3.05) is 5.32 Å². The van der Waals surface area contributed by atoms with E-state index in [1.165, 1.54) is 11.3 Å². The van der Waals surface area contributed by atoms with Gasteiger partial charge >= 0.3 is 0 Å². The number of hydrogen-bond donors (Lipinski definition) is 1. The van der Waals surface area contributed by atoms with Crippen LogP contribution in [0.1, 0.15) is 12.6 Å². The number of nitrogens with one attached hydrogen (secondary N) is 1. The molecule has 1 N–H and O–H groups in total. The van der Waals surface area contributed by atoms with E-state index in [1.54, 1.807) is 6.20 Å². The van der Waals surface area contributed by atoms with Crippen LogP contribution >= 0.6 is 22.9 Å². The van der Waals surface area contributed by atoms with E-state index < -0.39 is 0 Å². The van der Waals surface area contributed by atoms with Crippen LogP contribution in [0.5, 0.6) is 0 Å². The molecule has 6 heteroatoms. The quantitative estimate of drug-likeness (QED) is 0.839. The molecule has 2 rings (SSSR count). The predicted octanol–water partition coefficient (Wildman–Crippen LogP) is 2.89. The summed E-state index contributed by atoms with van der Waals surface area (Å²) in [5.41, 5.74) is 0.911. The molecule has 2 aromatic rings. The molecule has 0 fully saturated rings. The Kier molecular flexibility index (Phi) is 3.13. The molecule has 0 aliphatic heterocycles. The first-order chi connectivity index (χ1) is 7.28. The van der Waals surface area contributed by atoms with Crippen LogP contribution in [0.25, 0.3) is 0 Å². The highest BCUT2D eigenvalue weighted by molar-refractivity contribution is 7.13. The van der Waals surface area contributed by atoms with Gasteiger partial charge in [0.2, 0.25) is 5.28 Å². The van der Waals surface area contributed by atoms with E-state index in [-0.39, 0.29) is 5.28 Å². The fourth-order valence-electron chi connectivity index (χ4n) is 1.11. The highest BCUT2D eigenvalue weighted by Crippen LogP contribution is 2.18. The third-order valence-electron chi connectivity index (χ3n) is 1.78. The number of rotatable bonds is 3. The Hall–Kier alpha value is -1.20. The summed E-state index contributed by atoms with van der Waals surface area (Å²) in [6.45, 7) is 2.02. The fourth-order valence-corrected chi connectivity index (χ4v) is 1.84. The molecular weight excluding hydrogens is 232 g/mol. The molecule has 15 heavy (non-hydrogen) atoms. The van der Waals surface area contributed by atoms with Crippen LogP contribution in [-0.4, -0.2) is 15.0 Å². The van der Waals surface area contributed by atoms with Crippen LogP contribution in [0, 0.1) is 0 Å². The molecule has 0 bridgehead atoms. The third-order valence-corrected chi connectivity index (χ3v) is 2.64. The summed E-state index contributed by atoms with van der Waals surface area (Å²) in [5.74, 6) is 0.682. The molecule has 78 valence electrons. The first-order valence-corrected chi connectivity index (χ1v) is 5.73. The lowest BCUT2D eigenvalue weighted by Crippen LogP contribution is -1.97. The lowest BCUT2D eigenvalue weighted by molar-refractivity contribution is 1.00. The highest BCUT2D eigenvalue weighted by Gasteiger charge is 2.03. The molecule has 0 saturated carbocycles. The largest absolute Gasteiger partial charge is 0.316 e. The Morgan fingerprint density at radius 3 is 3.00 bits per heavy atom. The minimum atomic E-state index is 0.258. The molecule has 0 aliphatic carbocycles.